The third-order valence-corrected chi connectivity index (χ3v) is 2.19. The summed E-state index contributed by atoms with van der Waals surface area (Å²) in [5.74, 6) is 0.400. The van der Waals surface area contributed by atoms with Crippen LogP contribution in [0.25, 0.3) is 0 Å². The fourth-order valence-electron chi connectivity index (χ4n) is 1.54. The second-order valence-corrected chi connectivity index (χ2v) is 3.07. The molecule has 1 aliphatic rings. The molecule has 0 saturated heterocycles. The van der Waals surface area contributed by atoms with Gasteiger partial charge in [0.25, 0.3) is 0 Å². The minimum Gasteiger partial charge on any atom is -0.387 e. The van der Waals surface area contributed by atoms with Gasteiger partial charge in [-0.15, -0.1) is 0 Å². The molecule has 4 heteroatoms. The Kier molecular flexibility index (Phi) is 2.35. The van der Waals surface area contributed by atoms with Gasteiger partial charge in [-0.1, -0.05) is 6.07 Å². The highest BCUT2D eigenvalue weighted by atomic mass is 19.1. The molecule has 0 atom stereocenters. The van der Waals surface area contributed by atoms with Crippen molar-refractivity contribution in [1.29, 1.82) is 0 Å². The Morgan fingerprint density at radius 3 is 3.00 bits per heavy atom. The normalized spacial score (nSPS) is 14.9. The van der Waals surface area contributed by atoms with Crippen molar-refractivity contribution in [3.63, 3.8) is 0 Å². The molecule has 74 valence electrons. The van der Waals surface area contributed by atoms with E-state index in [0.29, 0.717) is 17.9 Å². The predicted octanol–water partition coefficient (Wildman–Crippen LogP) is 1.22. The molecule has 1 heterocycles. The first-order valence-electron chi connectivity index (χ1n) is 4.58. The zero-order chi connectivity index (χ0) is 9.97. The zero-order valence-corrected chi connectivity index (χ0v) is 7.97. The molecule has 0 bridgehead atoms. The Labute approximate surface area is 82.0 Å². The van der Waals surface area contributed by atoms with Crippen LogP contribution in [0.5, 0.6) is 0 Å². The van der Waals surface area contributed by atoms with Gasteiger partial charge in [-0.05, 0) is 12.1 Å². The zero-order valence-electron chi connectivity index (χ0n) is 7.97. The molecule has 14 heavy (non-hydrogen) atoms. The van der Waals surface area contributed by atoms with E-state index in [1.807, 2.05) is 6.07 Å². The lowest BCUT2D eigenvalue weighted by atomic mass is 10.1. The molecule has 0 aromatic heterocycles. The number of halogens is 1. The number of aliphatic imine (C=N–C) groups is 1. The highest BCUT2D eigenvalue weighted by Gasteiger charge is 2.16. The Bertz CT molecular complexity index is 374. The topological polar surface area (TPSA) is 36.4 Å². The van der Waals surface area contributed by atoms with Crippen molar-refractivity contribution in [2.75, 3.05) is 25.5 Å². The fourth-order valence-corrected chi connectivity index (χ4v) is 1.54. The molecule has 1 aromatic rings. The largest absolute Gasteiger partial charge is 0.387 e. The smallest absolute Gasteiger partial charge is 0.136 e. The molecule has 3 nitrogen and oxygen atoms in total. The summed E-state index contributed by atoms with van der Waals surface area (Å²) in [7, 11) is 1.77. The number of nitrogens with one attached hydrogen (secondary N) is 2. The van der Waals surface area contributed by atoms with Gasteiger partial charge in [0.1, 0.15) is 11.7 Å². The quantitative estimate of drug-likeness (QED) is 0.740. The summed E-state index contributed by atoms with van der Waals surface area (Å²) in [6, 6.07) is 4.96. The summed E-state index contributed by atoms with van der Waals surface area (Å²) in [5, 5.41) is 6.01. The van der Waals surface area contributed by atoms with E-state index in [4.69, 9.17) is 0 Å². The van der Waals surface area contributed by atoms with Gasteiger partial charge in [0, 0.05) is 19.3 Å². The minimum atomic E-state index is -0.245. The van der Waals surface area contributed by atoms with Crippen molar-refractivity contribution in [2.45, 2.75) is 0 Å². The van der Waals surface area contributed by atoms with Crippen molar-refractivity contribution in [3.8, 4) is 0 Å². The number of nitrogens with zero attached hydrogens (tertiary/aromatic N) is 1. The standard InChI is InChI=1S/C10H12FN3/c1-12-8-4-2-3-7(11)9(8)10-13-5-6-14-10/h2-4,12H,5-6H2,1H3,(H,13,14). The molecule has 1 aliphatic heterocycles. The SMILES string of the molecule is CNc1cccc(F)c1C1=NCCN1. The van der Waals surface area contributed by atoms with Crippen molar-refractivity contribution in [1.82, 2.24) is 5.32 Å². The molecule has 2 N–H and O–H groups in total. The maximum Gasteiger partial charge on any atom is 0.136 e. The Hall–Kier alpha value is -1.58. The molecule has 0 spiro atoms. The molecular weight excluding hydrogens is 181 g/mol. The van der Waals surface area contributed by atoms with Crippen molar-refractivity contribution >= 4 is 11.5 Å². The summed E-state index contributed by atoms with van der Waals surface area (Å²) < 4.78 is 13.5. The van der Waals surface area contributed by atoms with Gasteiger partial charge in [0.05, 0.1) is 12.1 Å². The average Bonchev–Trinajstić information content (AvgIpc) is 2.70. The summed E-state index contributed by atoms with van der Waals surface area (Å²) in [6.45, 7) is 1.50. The van der Waals surface area contributed by atoms with Gasteiger partial charge in [0.2, 0.25) is 0 Å². The van der Waals surface area contributed by atoms with E-state index in [1.165, 1.54) is 6.07 Å². The van der Waals surface area contributed by atoms with Crippen LogP contribution >= 0.6 is 0 Å². The van der Waals surface area contributed by atoms with E-state index in [2.05, 4.69) is 15.6 Å². The predicted molar refractivity (Wildman–Crippen MR) is 55.4 cm³/mol. The molecule has 0 saturated carbocycles. The highest BCUT2D eigenvalue weighted by Crippen LogP contribution is 2.19. The van der Waals surface area contributed by atoms with Gasteiger partial charge in [0.15, 0.2) is 0 Å². The third kappa shape index (κ3) is 1.43. The molecule has 1 aromatic carbocycles. The summed E-state index contributed by atoms with van der Waals surface area (Å²) in [6.07, 6.45) is 0. The summed E-state index contributed by atoms with van der Waals surface area (Å²) in [5.41, 5.74) is 1.30. The lowest BCUT2D eigenvalue weighted by Gasteiger charge is -2.10. The van der Waals surface area contributed by atoms with E-state index in [9.17, 15) is 4.39 Å². The van der Waals surface area contributed by atoms with Crippen LogP contribution in [0.3, 0.4) is 0 Å². The van der Waals surface area contributed by atoms with Crippen LogP contribution in [-0.2, 0) is 0 Å². The maximum atomic E-state index is 13.5. The Balaban J connectivity index is 2.48. The van der Waals surface area contributed by atoms with E-state index in [-0.39, 0.29) is 5.82 Å². The van der Waals surface area contributed by atoms with Crippen LogP contribution in [0.4, 0.5) is 10.1 Å². The van der Waals surface area contributed by atoms with Crippen LogP contribution in [0.15, 0.2) is 23.2 Å². The van der Waals surface area contributed by atoms with Gasteiger partial charge in [-0.2, -0.15) is 0 Å². The second-order valence-electron chi connectivity index (χ2n) is 3.07. The van der Waals surface area contributed by atoms with Gasteiger partial charge in [-0.25, -0.2) is 4.39 Å². The van der Waals surface area contributed by atoms with E-state index < -0.39 is 0 Å². The Morgan fingerprint density at radius 1 is 1.50 bits per heavy atom. The van der Waals surface area contributed by atoms with Crippen LogP contribution in [0.2, 0.25) is 0 Å². The molecular formula is C10H12FN3. The first kappa shape index (κ1) is 8.99. The average molecular weight is 193 g/mol. The van der Waals surface area contributed by atoms with Gasteiger partial charge >= 0.3 is 0 Å². The third-order valence-electron chi connectivity index (χ3n) is 2.19. The van der Waals surface area contributed by atoms with Crippen molar-refractivity contribution in [2.24, 2.45) is 4.99 Å². The lowest BCUT2D eigenvalue weighted by Crippen LogP contribution is -2.21. The summed E-state index contributed by atoms with van der Waals surface area (Å²) >= 11 is 0. The molecule has 0 aliphatic carbocycles. The molecule has 0 radical (unpaired) electrons. The number of benzene rings is 1. The minimum absolute atomic E-state index is 0.245. The molecule has 0 fully saturated rings. The highest BCUT2D eigenvalue weighted by molar-refractivity contribution is 6.04. The first-order valence-corrected chi connectivity index (χ1v) is 4.58. The van der Waals surface area contributed by atoms with Crippen LogP contribution in [0.1, 0.15) is 5.56 Å². The second kappa shape index (κ2) is 3.65. The number of rotatable bonds is 2. The van der Waals surface area contributed by atoms with E-state index in [1.54, 1.807) is 13.1 Å². The number of hydrogen-bond donors (Lipinski definition) is 2. The molecule has 2 rings (SSSR count). The van der Waals surface area contributed by atoms with Crippen LogP contribution < -0.4 is 10.6 Å². The van der Waals surface area contributed by atoms with Crippen molar-refractivity contribution in [3.05, 3.63) is 29.6 Å². The maximum absolute atomic E-state index is 13.5. The number of amidine groups is 1. The molecule has 0 amide bonds. The van der Waals surface area contributed by atoms with Crippen LogP contribution in [0, 0.1) is 5.82 Å². The van der Waals surface area contributed by atoms with Gasteiger partial charge in [-0.3, -0.25) is 4.99 Å². The van der Waals surface area contributed by atoms with Crippen LogP contribution in [-0.4, -0.2) is 26.0 Å². The monoisotopic (exact) mass is 193 g/mol. The summed E-state index contributed by atoms with van der Waals surface area (Å²) in [4.78, 5) is 4.20. The van der Waals surface area contributed by atoms with Crippen molar-refractivity contribution < 1.29 is 4.39 Å². The molecule has 0 unspecified atom stereocenters. The van der Waals surface area contributed by atoms with E-state index >= 15 is 0 Å². The fraction of sp³-hybridized carbons (Fsp3) is 0.300. The lowest BCUT2D eigenvalue weighted by molar-refractivity contribution is 0.625. The van der Waals surface area contributed by atoms with Gasteiger partial charge < -0.3 is 10.6 Å². The van der Waals surface area contributed by atoms with E-state index in [0.717, 1.165) is 12.2 Å². The number of anilines is 1. The first-order chi connectivity index (χ1) is 6.83. The number of hydrogen-bond acceptors (Lipinski definition) is 3. The Morgan fingerprint density at radius 2 is 2.36 bits per heavy atom.